The molecule has 86 heavy (non-hydrogen) atoms. The number of halogens is 2. The Hall–Kier alpha value is -8.27. The van der Waals surface area contributed by atoms with E-state index >= 15 is 0 Å². The van der Waals surface area contributed by atoms with E-state index in [1.807, 2.05) is 36.4 Å². The molecule has 1 saturated heterocycles. The number of carbonyl (C=O) groups is 9. The van der Waals surface area contributed by atoms with Gasteiger partial charge < -0.3 is 75.6 Å². The molecule has 6 aromatic rings. The number of H-pyrrole nitrogens is 1. The number of hydrogen-bond acceptors (Lipinski definition) is 14. The molecule has 1 fully saturated rings. The lowest BCUT2D eigenvalue weighted by atomic mass is 10.0. The van der Waals surface area contributed by atoms with Crippen LogP contribution in [-0.4, -0.2) is 136 Å². The van der Waals surface area contributed by atoms with Gasteiger partial charge in [0.1, 0.15) is 48.1 Å². The van der Waals surface area contributed by atoms with Gasteiger partial charge >= 0.3 is 6.03 Å². The number of primary amides is 2. The molecule has 5 aromatic carbocycles. The molecule has 0 unspecified atom stereocenters. The van der Waals surface area contributed by atoms with Gasteiger partial charge in [0.2, 0.25) is 47.3 Å². The fraction of sp³-hybridized carbons (Fsp3) is 0.339. The first-order valence-corrected chi connectivity index (χ1v) is 30.4. The number of rotatable bonds is 19. The first-order valence-electron chi connectivity index (χ1n) is 27.6. The summed E-state index contributed by atoms with van der Waals surface area (Å²) in [6.45, 7) is 1.42. The fourth-order valence-electron chi connectivity index (χ4n) is 9.50. The zero-order valence-electron chi connectivity index (χ0n) is 46.7. The van der Waals surface area contributed by atoms with Gasteiger partial charge in [-0.1, -0.05) is 99.9 Å². The maximum atomic E-state index is 15.0. The lowest BCUT2D eigenvalue weighted by molar-refractivity contribution is -0.136. The van der Waals surface area contributed by atoms with Crippen molar-refractivity contribution in [3.05, 3.63) is 148 Å². The molecule has 456 valence electrons. The molecule has 0 spiro atoms. The molecular formula is C59H69ClFN13O10S2. The SMILES string of the molecule is C[C@@H](O)[C@@H]1NC(=O)[C@H](CCCCN)NC(=O)[C@@H](Cc2c[nH]c3ccc(F)cc23)NC(=O)[C@H](Cc2ccc(NC(N)=O)cc2)NC(=O)[C@H](NC(=O)[C@@H](N)Cc2ccc(Cl)cc2)CSSC[C@@H](C(=O)N[C@@H](Cc2ccc3ccccc3c2)C(N)=O)NC1=O. The van der Waals surface area contributed by atoms with E-state index in [-0.39, 0.29) is 56.6 Å². The average molecular weight is 1240 g/mol. The zero-order valence-corrected chi connectivity index (χ0v) is 49.1. The summed E-state index contributed by atoms with van der Waals surface area (Å²) < 4.78 is 14.8. The van der Waals surface area contributed by atoms with E-state index in [2.05, 4.69) is 47.5 Å². The molecule has 0 saturated carbocycles. The molecular weight excluding hydrogens is 1170 g/mol. The van der Waals surface area contributed by atoms with Crippen LogP contribution in [0.4, 0.5) is 14.9 Å². The summed E-state index contributed by atoms with van der Waals surface area (Å²) in [5.41, 5.74) is 26.4. The quantitative estimate of drug-likeness (QED) is 0.0408. The Morgan fingerprint density at radius 2 is 1.35 bits per heavy atom. The molecule has 1 aliphatic rings. The third-order valence-electron chi connectivity index (χ3n) is 14.2. The molecule has 23 nitrogen and oxygen atoms in total. The van der Waals surface area contributed by atoms with Crippen LogP contribution in [0.3, 0.4) is 0 Å². The van der Waals surface area contributed by atoms with Crippen LogP contribution < -0.4 is 65.5 Å². The fourth-order valence-corrected chi connectivity index (χ4v) is 12.0. The Morgan fingerprint density at radius 1 is 0.709 bits per heavy atom. The maximum Gasteiger partial charge on any atom is 0.316 e. The van der Waals surface area contributed by atoms with Crippen LogP contribution in [0.25, 0.3) is 21.7 Å². The second-order valence-electron chi connectivity index (χ2n) is 20.8. The Labute approximate surface area is 507 Å². The van der Waals surface area contributed by atoms with E-state index in [0.717, 1.165) is 32.4 Å². The number of urea groups is 1. The minimum Gasteiger partial charge on any atom is -0.391 e. The van der Waals surface area contributed by atoms with Gasteiger partial charge in [-0.05, 0) is 115 Å². The van der Waals surface area contributed by atoms with Crippen molar-refractivity contribution >= 4 is 114 Å². The van der Waals surface area contributed by atoms with Crippen LogP contribution in [-0.2, 0) is 64.0 Å². The van der Waals surface area contributed by atoms with Crippen LogP contribution >= 0.6 is 33.2 Å². The number of hydrogen-bond donors (Lipinski definition) is 14. The molecule has 7 rings (SSSR count). The van der Waals surface area contributed by atoms with Gasteiger partial charge in [0.25, 0.3) is 0 Å². The number of nitrogens with two attached hydrogens (primary N) is 4. The summed E-state index contributed by atoms with van der Waals surface area (Å²) in [4.78, 5) is 130. The number of nitrogens with one attached hydrogen (secondary N) is 9. The number of aromatic nitrogens is 1. The molecule has 1 aromatic heterocycles. The van der Waals surface area contributed by atoms with Crippen LogP contribution in [0.5, 0.6) is 0 Å². The Balaban J connectivity index is 1.27. The van der Waals surface area contributed by atoms with Crippen LogP contribution in [0.2, 0.25) is 5.02 Å². The number of aromatic amines is 1. The van der Waals surface area contributed by atoms with Gasteiger partial charge in [-0.3, -0.25) is 38.4 Å². The second-order valence-corrected chi connectivity index (χ2v) is 23.8. The van der Waals surface area contributed by atoms with E-state index in [9.17, 15) is 52.6 Å². The van der Waals surface area contributed by atoms with Crippen molar-refractivity contribution in [3.8, 4) is 0 Å². The molecule has 1 aliphatic heterocycles. The largest absolute Gasteiger partial charge is 0.391 e. The standard InChI is InChI=1S/C59H69ClFN13O10S2/c1-31(75)50-58(83)73-49(56(81)69-45(51(64)76)25-34-9-14-35-6-2-3-7-36(35)22-34)30-86-85-29-48(72-52(77)42(63)23-32-10-15-38(60)16-11-32)57(82)70-46(24-33-12-18-40(19-13-33)67-59(65)84)54(79)71-47(26-37-28-66-43-20-17-39(61)27-41(37)43)55(80)68-44(53(78)74-50)8-4-5-21-62/h2-3,6-7,9-20,22,27-28,31,42,44-50,66,75H,4-5,8,21,23-26,29-30,62-63H2,1H3,(H2,64,76)(H,68,80)(H,69,81)(H,70,82)(H,71,79)(H,72,77)(H,73,83)(H,74,78)(H3,65,67,84)/t31-,42+,44+,45+,46+,47-,48-,49+,50+/m1/s1. The topological polar surface area (TPSA) is 390 Å². The monoisotopic (exact) mass is 1240 g/mol. The van der Waals surface area contributed by atoms with Crippen LogP contribution in [0.1, 0.15) is 48.4 Å². The Morgan fingerprint density at radius 3 is 2.03 bits per heavy atom. The number of fused-ring (bicyclic) bond motifs is 2. The molecule has 0 radical (unpaired) electrons. The van der Waals surface area contributed by atoms with E-state index in [4.69, 9.17) is 34.5 Å². The number of amides is 10. The van der Waals surface area contributed by atoms with E-state index in [1.165, 1.54) is 43.5 Å². The molecule has 0 bridgehead atoms. The number of aliphatic hydroxyl groups is 1. The van der Waals surface area contributed by atoms with Gasteiger partial charge in [-0.2, -0.15) is 0 Å². The van der Waals surface area contributed by atoms with Crippen molar-refractivity contribution in [2.45, 2.75) is 106 Å². The minimum atomic E-state index is -1.77. The Kier molecular flexibility index (Phi) is 23.7. The molecule has 9 atom stereocenters. The number of benzene rings is 5. The van der Waals surface area contributed by atoms with Crippen molar-refractivity contribution in [2.24, 2.45) is 22.9 Å². The summed E-state index contributed by atoms with van der Waals surface area (Å²) in [5, 5.41) is 34.8. The molecule has 18 N–H and O–H groups in total. The van der Waals surface area contributed by atoms with E-state index < -0.39 is 114 Å². The highest BCUT2D eigenvalue weighted by molar-refractivity contribution is 8.76. The van der Waals surface area contributed by atoms with Gasteiger partial charge in [0.15, 0.2) is 0 Å². The minimum absolute atomic E-state index is 0.0167. The first kappa shape index (κ1) is 65.3. The maximum absolute atomic E-state index is 15.0. The van der Waals surface area contributed by atoms with Crippen molar-refractivity contribution in [2.75, 3.05) is 23.4 Å². The highest BCUT2D eigenvalue weighted by Gasteiger charge is 2.37. The molecule has 27 heteroatoms. The van der Waals surface area contributed by atoms with Crippen LogP contribution in [0.15, 0.2) is 115 Å². The third-order valence-corrected chi connectivity index (χ3v) is 16.8. The summed E-state index contributed by atoms with van der Waals surface area (Å²) in [6.07, 6.45) is -0.118. The van der Waals surface area contributed by atoms with Crippen molar-refractivity contribution in [1.82, 2.24) is 42.2 Å². The average Bonchev–Trinajstić information content (AvgIpc) is 2.28. The highest BCUT2D eigenvalue weighted by atomic mass is 35.5. The third kappa shape index (κ3) is 18.9. The lowest BCUT2D eigenvalue weighted by Gasteiger charge is -2.29. The molecule has 10 amide bonds. The normalized spacial score (nSPS) is 20.4. The number of unbranched alkanes of at least 4 members (excludes halogenated alkanes) is 1. The predicted octanol–water partition coefficient (Wildman–Crippen LogP) is 1.99. The van der Waals surface area contributed by atoms with Gasteiger partial charge in [-0.25, -0.2) is 9.18 Å². The Bertz CT molecular complexity index is 3420. The summed E-state index contributed by atoms with van der Waals surface area (Å²) in [6, 6.07) is 16.9. The van der Waals surface area contributed by atoms with Gasteiger partial charge in [0.05, 0.1) is 12.1 Å². The van der Waals surface area contributed by atoms with E-state index in [0.29, 0.717) is 50.3 Å². The van der Waals surface area contributed by atoms with Crippen molar-refractivity contribution in [1.29, 1.82) is 0 Å². The zero-order chi connectivity index (χ0) is 62.0. The smallest absolute Gasteiger partial charge is 0.316 e. The highest BCUT2D eigenvalue weighted by Crippen LogP contribution is 2.26. The lowest BCUT2D eigenvalue weighted by Crippen LogP contribution is -2.62. The number of anilines is 1. The second kappa shape index (κ2) is 31.2. The number of carbonyl (C=O) groups excluding carboxylic acids is 9. The predicted molar refractivity (Wildman–Crippen MR) is 328 cm³/mol. The molecule has 0 aliphatic carbocycles. The van der Waals surface area contributed by atoms with Crippen molar-refractivity contribution in [3.63, 3.8) is 0 Å². The number of aliphatic hydroxyl groups excluding tert-OH is 1. The summed E-state index contributed by atoms with van der Waals surface area (Å²) in [7, 11) is 1.93. The first-order chi connectivity index (χ1) is 41.1. The molecule has 2 heterocycles. The van der Waals surface area contributed by atoms with E-state index in [1.54, 1.807) is 42.5 Å². The van der Waals surface area contributed by atoms with Gasteiger partial charge in [0, 0.05) is 58.6 Å². The summed E-state index contributed by atoms with van der Waals surface area (Å²) >= 11 is 6.10. The van der Waals surface area contributed by atoms with Crippen molar-refractivity contribution < 1.29 is 52.6 Å². The summed E-state index contributed by atoms with van der Waals surface area (Å²) in [5.74, 6) is -8.49. The van der Waals surface area contributed by atoms with Crippen LogP contribution in [0, 0.1) is 5.82 Å². The van der Waals surface area contributed by atoms with Gasteiger partial charge in [-0.15, -0.1) is 0 Å².